The van der Waals surface area contributed by atoms with Crippen LogP contribution in [0.25, 0.3) is 10.8 Å². The summed E-state index contributed by atoms with van der Waals surface area (Å²) in [6.45, 7) is 1.74. The van der Waals surface area contributed by atoms with Gasteiger partial charge in [-0.15, -0.1) is 0 Å². The van der Waals surface area contributed by atoms with Gasteiger partial charge in [0.15, 0.2) is 0 Å². The molecule has 5 heteroatoms. The summed E-state index contributed by atoms with van der Waals surface area (Å²) in [4.78, 5) is 24.1. The summed E-state index contributed by atoms with van der Waals surface area (Å²) in [5.41, 5.74) is 0.459. The van der Waals surface area contributed by atoms with E-state index >= 15 is 0 Å². The van der Waals surface area contributed by atoms with Gasteiger partial charge < -0.3 is 4.98 Å². The molecule has 2 rings (SSSR count). The van der Waals surface area contributed by atoms with Crippen molar-refractivity contribution in [1.29, 1.82) is 0 Å². The molecule has 0 saturated carbocycles. The second-order valence-corrected chi connectivity index (χ2v) is 3.31. The van der Waals surface area contributed by atoms with E-state index in [9.17, 15) is 14.9 Å². The number of hydrogen-bond donors (Lipinski definition) is 1. The number of fused-ring (bicyclic) bond motifs is 1. The maximum atomic E-state index is 11.5. The Morgan fingerprint density at radius 3 is 2.73 bits per heavy atom. The predicted molar refractivity (Wildman–Crippen MR) is 56.0 cm³/mol. The second-order valence-electron chi connectivity index (χ2n) is 3.31. The molecule has 15 heavy (non-hydrogen) atoms. The normalized spacial score (nSPS) is 10.5. The van der Waals surface area contributed by atoms with Crippen molar-refractivity contribution in [2.45, 2.75) is 6.92 Å². The van der Waals surface area contributed by atoms with Crippen molar-refractivity contribution >= 4 is 16.5 Å². The predicted octanol–water partition coefficient (Wildman–Crippen LogP) is 1.74. The van der Waals surface area contributed by atoms with Crippen LogP contribution >= 0.6 is 0 Å². The van der Waals surface area contributed by atoms with Gasteiger partial charge in [0.25, 0.3) is 11.2 Å². The molecule has 0 unspecified atom stereocenters. The lowest BCUT2D eigenvalue weighted by atomic mass is 10.1. The summed E-state index contributed by atoms with van der Waals surface area (Å²) in [6, 6.07) is 5.90. The maximum absolute atomic E-state index is 11.5. The third-order valence-corrected chi connectivity index (χ3v) is 2.17. The number of nitrogens with zero attached hydrogens (tertiary/aromatic N) is 1. The summed E-state index contributed by atoms with van der Waals surface area (Å²) in [5.74, 6) is 0. The van der Waals surface area contributed by atoms with Crippen LogP contribution in [0, 0.1) is 17.0 Å². The first-order valence-electron chi connectivity index (χ1n) is 4.36. The van der Waals surface area contributed by atoms with Crippen molar-refractivity contribution in [2.24, 2.45) is 0 Å². The largest absolute Gasteiger partial charge is 0.326 e. The molecule has 1 N–H and O–H groups in total. The van der Waals surface area contributed by atoms with Gasteiger partial charge in [0.1, 0.15) is 0 Å². The highest BCUT2D eigenvalue weighted by molar-refractivity contribution is 5.83. The highest BCUT2D eigenvalue weighted by atomic mass is 16.6. The Bertz CT molecular complexity index is 601. The van der Waals surface area contributed by atoms with Gasteiger partial charge in [0.2, 0.25) is 0 Å². The maximum Gasteiger partial charge on any atom is 0.270 e. The molecule has 0 radical (unpaired) electrons. The van der Waals surface area contributed by atoms with Crippen LogP contribution in [-0.2, 0) is 0 Å². The van der Waals surface area contributed by atoms with Gasteiger partial charge in [-0.2, -0.15) is 0 Å². The minimum atomic E-state index is -0.476. The van der Waals surface area contributed by atoms with Crippen molar-refractivity contribution in [3.8, 4) is 0 Å². The number of pyridine rings is 1. The minimum absolute atomic E-state index is 0.00694. The molecule has 5 nitrogen and oxygen atoms in total. The number of rotatable bonds is 1. The van der Waals surface area contributed by atoms with E-state index in [1.807, 2.05) is 0 Å². The Kier molecular flexibility index (Phi) is 2.00. The van der Waals surface area contributed by atoms with Gasteiger partial charge in [-0.1, -0.05) is 0 Å². The zero-order valence-electron chi connectivity index (χ0n) is 7.98. The zero-order chi connectivity index (χ0) is 11.0. The Morgan fingerprint density at radius 2 is 2.07 bits per heavy atom. The lowest BCUT2D eigenvalue weighted by Crippen LogP contribution is -2.07. The van der Waals surface area contributed by atoms with Crippen molar-refractivity contribution in [1.82, 2.24) is 4.98 Å². The average Bonchev–Trinajstić information content (AvgIpc) is 2.16. The van der Waals surface area contributed by atoms with Gasteiger partial charge in [0.05, 0.1) is 4.92 Å². The van der Waals surface area contributed by atoms with Gasteiger partial charge in [-0.3, -0.25) is 14.9 Å². The van der Waals surface area contributed by atoms with E-state index in [2.05, 4.69) is 4.98 Å². The first kappa shape index (κ1) is 9.39. The van der Waals surface area contributed by atoms with Gasteiger partial charge in [0, 0.05) is 23.2 Å². The van der Waals surface area contributed by atoms with E-state index in [0.29, 0.717) is 16.5 Å². The van der Waals surface area contributed by atoms with Crippen LogP contribution in [0.5, 0.6) is 0 Å². The van der Waals surface area contributed by atoms with Gasteiger partial charge >= 0.3 is 0 Å². The number of nitro benzene ring substituents is 1. The molecule has 2 aromatic rings. The molecule has 0 bridgehead atoms. The summed E-state index contributed by atoms with van der Waals surface area (Å²) in [7, 11) is 0. The molecule has 0 atom stereocenters. The van der Waals surface area contributed by atoms with Crippen LogP contribution in [0.3, 0.4) is 0 Å². The fourth-order valence-corrected chi connectivity index (χ4v) is 1.51. The number of benzene rings is 1. The van der Waals surface area contributed by atoms with Gasteiger partial charge in [-0.05, 0) is 24.4 Å². The molecule has 1 aromatic carbocycles. The number of non-ortho nitro benzene ring substituents is 1. The Labute approximate surface area is 84.5 Å². The minimum Gasteiger partial charge on any atom is -0.326 e. The first-order chi connectivity index (χ1) is 7.08. The van der Waals surface area contributed by atoms with Crippen LogP contribution < -0.4 is 5.56 Å². The highest BCUT2D eigenvalue weighted by Crippen LogP contribution is 2.18. The van der Waals surface area contributed by atoms with E-state index < -0.39 is 4.92 Å². The van der Waals surface area contributed by atoms with E-state index in [4.69, 9.17) is 0 Å². The van der Waals surface area contributed by atoms with Crippen LogP contribution in [0.1, 0.15) is 5.69 Å². The summed E-state index contributed by atoms with van der Waals surface area (Å²) in [5, 5.41) is 11.6. The van der Waals surface area contributed by atoms with Crippen molar-refractivity contribution < 1.29 is 4.92 Å². The summed E-state index contributed by atoms with van der Waals surface area (Å²) in [6.07, 6.45) is 0. The number of hydrogen-bond acceptors (Lipinski definition) is 3. The molecule has 1 heterocycles. The molecule has 0 saturated heterocycles. The molecule has 0 aliphatic carbocycles. The quantitative estimate of drug-likeness (QED) is 0.567. The van der Waals surface area contributed by atoms with Crippen LogP contribution in [0.15, 0.2) is 29.1 Å². The smallest absolute Gasteiger partial charge is 0.270 e. The number of nitro groups is 1. The Morgan fingerprint density at radius 1 is 1.33 bits per heavy atom. The molecule has 0 aliphatic rings. The molecule has 0 amide bonds. The number of aryl methyl sites for hydroxylation is 1. The van der Waals surface area contributed by atoms with Crippen molar-refractivity contribution in [2.75, 3.05) is 0 Å². The molecule has 0 fully saturated rings. The zero-order valence-corrected chi connectivity index (χ0v) is 7.98. The molecular weight excluding hydrogens is 196 g/mol. The number of aromatic nitrogens is 1. The highest BCUT2D eigenvalue weighted by Gasteiger charge is 2.07. The lowest BCUT2D eigenvalue weighted by Gasteiger charge is -1.98. The van der Waals surface area contributed by atoms with E-state index in [1.165, 1.54) is 18.2 Å². The summed E-state index contributed by atoms with van der Waals surface area (Å²) < 4.78 is 0. The number of aromatic amines is 1. The van der Waals surface area contributed by atoms with Crippen LogP contribution in [0.2, 0.25) is 0 Å². The molecule has 0 spiro atoms. The third kappa shape index (κ3) is 1.59. The van der Waals surface area contributed by atoms with Crippen LogP contribution in [-0.4, -0.2) is 9.91 Å². The Balaban J connectivity index is 2.82. The Hall–Kier alpha value is -2.17. The molecule has 76 valence electrons. The summed E-state index contributed by atoms with van der Waals surface area (Å²) >= 11 is 0. The second kappa shape index (κ2) is 3.20. The standard InChI is InChI=1S/C10H8N2O3/c1-6-4-7-5-8(12(14)15)2-3-9(7)10(13)11-6/h2-5H,1H3,(H,11,13). The molecule has 0 aliphatic heterocycles. The molecular formula is C10H8N2O3. The first-order valence-corrected chi connectivity index (χ1v) is 4.36. The van der Waals surface area contributed by atoms with E-state index in [0.717, 1.165) is 0 Å². The fraction of sp³-hybridized carbons (Fsp3) is 0.100. The SMILES string of the molecule is Cc1cc2cc([N+](=O)[O-])ccc2c(=O)[nH]1. The molecule has 1 aromatic heterocycles. The van der Waals surface area contributed by atoms with Gasteiger partial charge in [-0.25, -0.2) is 0 Å². The monoisotopic (exact) mass is 204 g/mol. The average molecular weight is 204 g/mol. The van der Waals surface area contributed by atoms with Crippen molar-refractivity contribution in [3.05, 3.63) is 50.4 Å². The third-order valence-electron chi connectivity index (χ3n) is 2.17. The van der Waals surface area contributed by atoms with E-state index in [1.54, 1.807) is 13.0 Å². The lowest BCUT2D eigenvalue weighted by molar-refractivity contribution is -0.384. The van der Waals surface area contributed by atoms with Crippen molar-refractivity contribution in [3.63, 3.8) is 0 Å². The topological polar surface area (TPSA) is 76.0 Å². The number of nitrogens with one attached hydrogen (secondary N) is 1. The van der Waals surface area contributed by atoms with E-state index in [-0.39, 0.29) is 11.2 Å². The number of H-pyrrole nitrogens is 1. The van der Waals surface area contributed by atoms with Crippen LogP contribution in [0.4, 0.5) is 5.69 Å². The fourth-order valence-electron chi connectivity index (χ4n) is 1.51.